The van der Waals surface area contributed by atoms with E-state index >= 15 is 0 Å². The molecule has 0 aromatic rings. The lowest BCUT2D eigenvalue weighted by molar-refractivity contribution is 0.199. The van der Waals surface area contributed by atoms with E-state index in [-0.39, 0.29) is 0 Å². The van der Waals surface area contributed by atoms with Crippen LogP contribution in [0.5, 0.6) is 0 Å². The molecule has 1 atom stereocenters. The van der Waals surface area contributed by atoms with Gasteiger partial charge in [-0.05, 0) is 58.3 Å². The summed E-state index contributed by atoms with van der Waals surface area (Å²) in [7, 11) is 0. The lowest BCUT2D eigenvalue weighted by Crippen LogP contribution is -2.36. The highest BCUT2D eigenvalue weighted by molar-refractivity contribution is 4.93. The zero-order chi connectivity index (χ0) is 11.2. The van der Waals surface area contributed by atoms with E-state index in [0.29, 0.717) is 6.04 Å². The van der Waals surface area contributed by atoms with E-state index in [0.717, 1.165) is 0 Å². The Bertz CT molecular complexity index is 213. The number of hydrogen-bond acceptors (Lipinski definition) is 2. The van der Waals surface area contributed by atoms with Gasteiger partial charge in [-0.25, -0.2) is 0 Å². The Hall–Kier alpha value is -0.500. The van der Waals surface area contributed by atoms with Gasteiger partial charge in [0.05, 0.1) is 0 Å². The van der Waals surface area contributed by atoms with Crippen molar-refractivity contribution >= 4 is 0 Å². The summed E-state index contributed by atoms with van der Waals surface area (Å²) in [6, 6.07) is 0.627. The first kappa shape index (κ1) is 12.0. The molecule has 0 aromatic carbocycles. The maximum Gasteiger partial charge on any atom is 0.0266 e. The summed E-state index contributed by atoms with van der Waals surface area (Å²) in [4.78, 5) is 5.11. The molecule has 0 aromatic heterocycles. The van der Waals surface area contributed by atoms with Crippen molar-refractivity contribution in [3.63, 3.8) is 0 Å². The highest BCUT2D eigenvalue weighted by Gasteiger charge is 2.14. The van der Waals surface area contributed by atoms with Gasteiger partial charge in [0.1, 0.15) is 0 Å². The van der Waals surface area contributed by atoms with Crippen molar-refractivity contribution < 1.29 is 0 Å². The number of hydrogen-bond donors (Lipinski definition) is 0. The molecule has 0 bridgehead atoms. The second-order valence-electron chi connectivity index (χ2n) is 5.28. The third kappa shape index (κ3) is 3.51. The SMILES string of the molecule is CC(/C=C/N1CCCCC1)N1CCCCC1. The summed E-state index contributed by atoms with van der Waals surface area (Å²) in [6.07, 6.45) is 13.1. The van der Waals surface area contributed by atoms with E-state index in [4.69, 9.17) is 0 Å². The first-order valence-electron chi connectivity index (χ1n) is 7.03. The molecular formula is C14H26N2. The number of rotatable bonds is 3. The van der Waals surface area contributed by atoms with Gasteiger partial charge >= 0.3 is 0 Å². The van der Waals surface area contributed by atoms with Crippen LogP contribution < -0.4 is 0 Å². The van der Waals surface area contributed by atoms with Crippen molar-refractivity contribution in [1.82, 2.24) is 9.80 Å². The van der Waals surface area contributed by atoms with Crippen molar-refractivity contribution in [3.05, 3.63) is 12.3 Å². The highest BCUT2D eigenvalue weighted by atomic mass is 15.2. The first-order chi connectivity index (χ1) is 7.86. The summed E-state index contributed by atoms with van der Waals surface area (Å²) in [5.41, 5.74) is 0. The molecule has 0 aliphatic carbocycles. The quantitative estimate of drug-likeness (QED) is 0.724. The van der Waals surface area contributed by atoms with Crippen molar-refractivity contribution in [2.24, 2.45) is 0 Å². The van der Waals surface area contributed by atoms with E-state index < -0.39 is 0 Å². The third-order valence-electron chi connectivity index (χ3n) is 3.93. The van der Waals surface area contributed by atoms with Crippen LogP contribution in [0, 0.1) is 0 Å². The smallest absolute Gasteiger partial charge is 0.0266 e. The Morgan fingerprint density at radius 1 is 0.812 bits per heavy atom. The molecule has 2 nitrogen and oxygen atoms in total. The van der Waals surface area contributed by atoms with E-state index in [1.165, 1.54) is 64.7 Å². The molecule has 1 unspecified atom stereocenters. The number of nitrogens with zero attached hydrogens (tertiary/aromatic N) is 2. The Morgan fingerprint density at radius 3 is 2.00 bits per heavy atom. The molecule has 2 fully saturated rings. The molecule has 0 radical (unpaired) electrons. The average Bonchev–Trinajstić information content (AvgIpc) is 2.38. The minimum Gasteiger partial charge on any atom is -0.378 e. The average molecular weight is 222 g/mol. The Morgan fingerprint density at radius 2 is 1.38 bits per heavy atom. The topological polar surface area (TPSA) is 6.48 Å². The van der Waals surface area contributed by atoms with Crippen LogP contribution in [0.25, 0.3) is 0 Å². The van der Waals surface area contributed by atoms with E-state index in [9.17, 15) is 0 Å². The maximum absolute atomic E-state index is 2.62. The maximum atomic E-state index is 2.62. The van der Waals surface area contributed by atoms with Crippen LogP contribution in [0.2, 0.25) is 0 Å². The Labute approximate surface area is 100 Å². The predicted molar refractivity (Wildman–Crippen MR) is 69.5 cm³/mol. The van der Waals surface area contributed by atoms with Crippen LogP contribution in [-0.4, -0.2) is 42.0 Å². The van der Waals surface area contributed by atoms with Gasteiger partial charge in [-0.2, -0.15) is 0 Å². The summed E-state index contributed by atoms with van der Waals surface area (Å²) in [5, 5.41) is 0. The van der Waals surface area contributed by atoms with Gasteiger partial charge in [0.25, 0.3) is 0 Å². The van der Waals surface area contributed by atoms with E-state index in [2.05, 4.69) is 29.0 Å². The summed E-state index contributed by atoms with van der Waals surface area (Å²) in [6.45, 7) is 7.47. The minimum atomic E-state index is 0.627. The van der Waals surface area contributed by atoms with Gasteiger partial charge in [-0.1, -0.05) is 12.5 Å². The molecule has 2 aliphatic heterocycles. The Balaban J connectivity index is 1.75. The van der Waals surface area contributed by atoms with E-state index in [1.54, 1.807) is 0 Å². The fourth-order valence-corrected chi connectivity index (χ4v) is 2.76. The molecule has 2 aliphatic rings. The predicted octanol–water partition coefficient (Wildman–Crippen LogP) is 2.86. The fourth-order valence-electron chi connectivity index (χ4n) is 2.76. The molecule has 0 spiro atoms. The molecule has 0 N–H and O–H groups in total. The zero-order valence-corrected chi connectivity index (χ0v) is 10.7. The standard InChI is InChI=1S/C14H26N2/c1-14(16-11-6-3-7-12-16)8-13-15-9-4-2-5-10-15/h8,13-14H,2-7,9-12H2,1H3/b13-8+. The highest BCUT2D eigenvalue weighted by Crippen LogP contribution is 2.14. The molecule has 0 saturated carbocycles. The number of piperidine rings is 2. The van der Waals surface area contributed by atoms with E-state index in [1.807, 2.05) is 0 Å². The molecule has 2 heteroatoms. The van der Waals surface area contributed by atoms with Crippen LogP contribution in [0.3, 0.4) is 0 Å². The molecular weight excluding hydrogens is 196 g/mol. The molecule has 0 amide bonds. The van der Waals surface area contributed by atoms with Gasteiger partial charge in [0.15, 0.2) is 0 Å². The zero-order valence-electron chi connectivity index (χ0n) is 10.7. The fraction of sp³-hybridized carbons (Fsp3) is 0.857. The van der Waals surface area contributed by atoms with Crippen molar-refractivity contribution in [1.29, 1.82) is 0 Å². The first-order valence-corrected chi connectivity index (χ1v) is 7.03. The van der Waals surface area contributed by atoms with Gasteiger partial charge in [-0.3, -0.25) is 4.90 Å². The second kappa shape index (κ2) is 6.29. The summed E-state index contributed by atoms with van der Waals surface area (Å²) < 4.78 is 0. The number of likely N-dealkylation sites (tertiary alicyclic amines) is 2. The van der Waals surface area contributed by atoms with Crippen LogP contribution in [0.1, 0.15) is 45.4 Å². The van der Waals surface area contributed by atoms with Gasteiger partial charge < -0.3 is 4.90 Å². The van der Waals surface area contributed by atoms with Crippen LogP contribution in [0.15, 0.2) is 12.3 Å². The van der Waals surface area contributed by atoms with Gasteiger partial charge in [0.2, 0.25) is 0 Å². The van der Waals surface area contributed by atoms with Crippen molar-refractivity contribution in [2.45, 2.75) is 51.5 Å². The summed E-state index contributed by atoms with van der Waals surface area (Å²) in [5.74, 6) is 0. The molecule has 2 saturated heterocycles. The molecule has 92 valence electrons. The molecule has 2 heterocycles. The Kier molecular flexibility index (Phi) is 4.70. The molecule has 2 rings (SSSR count). The van der Waals surface area contributed by atoms with Crippen molar-refractivity contribution in [3.8, 4) is 0 Å². The van der Waals surface area contributed by atoms with Crippen molar-refractivity contribution in [2.75, 3.05) is 26.2 Å². The third-order valence-corrected chi connectivity index (χ3v) is 3.93. The largest absolute Gasteiger partial charge is 0.378 e. The van der Waals surface area contributed by atoms with Gasteiger partial charge in [-0.15, -0.1) is 0 Å². The minimum absolute atomic E-state index is 0.627. The second-order valence-corrected chi connectivity index (χ2v) is 5.28. The monoisotopic (exact) mass is 222 g/mol. The van der Waals surface area contributed by atoms with Crippen LogP contribution in [-0.2, 0) is 0 Å². The van der Waals surface area contributed by atoms with Crippen LogP contribution >= 0.6 is 0 Å². The normalized spacial score (nSPS) is 26.2. The van der Waals surface area contributed by atoms with Crippen LogP contribution in [0.4, 0.5) is 0 Å². The summed E-state index contributed by atoms with van der Waals surface area (Å²) >= 11 is 0. The lowest BCUT2D eigenvalue weighted by Gasteiger charge is -2.31. The molecule has 16 heavy (non-hydrogen) atoms. The lowest BCUT2D eigenvalue weighted by atomic mass is 10.1. The van der Waals surface area contributed by atoms with Gasteiger partial charge in [0, 0.05) is 19.1 Å².